The van der Waals surface area contributed by atoms with E-state index in [1.165, 1.54) is 7.11 Å². The van der Waals surface area contributed by atoms with Crippen LogP contribution in [0.25, 0.3) is 0 Å². The molecule has 162 valence electrons. The molecular weight excluding hydrogens is 398 g/mol. The Kier molecular flexibility index (Phi) is 6.69. The van der Waals surface area contributed by atoms with Crippen molar-refractivity contribution in [2.24, 2.45) is 5.92 Å². The van der Waals surface area contributed by atoms with E-state index in [0.29, 0.717) is 12.0 Å². The maximum absolute atomic E-state index is 13.3. The van der Waals surface area contributed by atoms with Crippen LogP contribution >= 0.6 is 0 Å². The highest BCUT2D eigenvalue weighted by Gasteiger charge is 2.42. The number of carbonyl (C=O) groups excluding carboxylic acids is 4. The third-order valence-corrected chi connectivity index (χ3v) is 5.37. The van der Waals surface area contributed by atoms with Gasteiger partial charge < -0.3 is 10.1 Å². The maximum atomic E-state index is 13.3. The van der Waals surface area contributed by atoms with Crippen molar-refractivity contribution in [1.82, 2.24) is 15.3 Å². The molecule has 0 saturated carbocycles. The van der Waals surface area contributed by atoms with Gasteiger partial charge in [-0.05, 0) is 23.6 Å². The summed E-state index contributed by atoms with van der Waals surface area (Å²) in [6.07, 6.45) is 0.617. The predicted octanol–water partition coefficient (Wildman–Crippen LogP) is 3.00. The van der Waals surface area contributed by atoms with Crippen LogP contribution in [0.2, 0.25) is 0 Å². The summed E-state index contributed by atoms with van der Waals surface area (Å²) in [6.45, 7) is 3.66. The Morgan fingerprint density at radius 3 is 2.06 bits per heavy atom. The summed E-state index contributed by atoms with van der Waals surface area (Å²) in [5, 5.41) is 4.52. The molecule has 1 aliphatic heterocycles. The van der Waals surface area contributed by atoms with Crippen LogP contribution in [0.15, 0.2) is 54.6 Å². The molecule has 2 aromatic carbocycles. The van der Waals surface area contributed by atoms with Crippen molar-refractivity contribution < 1.29 is 23.9 Å². The quantitative estimate of drug-likeness (QED) is 0.546. The summed E-state index contributed by atoms with van der Waals surface area (Å²) in [7, 11) is 1.25. The second-order valence-corrected chi connectivity index (χ2v) is 7.35. The summed E-state index contributed by atoms with van der Waals surface area (Å²) in [6, 6.07) is 13.7. The second-order valence-electron chi connectivity index (χ2n) is 7.35. The minimum Gasteiger partial charge on any atom is -0.467 e. The molecule has 8 heteroatoms. The molecule has 2 unspecified atom stereocenters. The van der Waals surface area contributed by atoms with Crippen LogP contribution in [0.3, 0.4) is 0 Å². The molecule has 0 aliphatic carbocycles. The van der Waals surface area contributed by atoms with Crippen molar-refractivity contribution in [1.29, 1.82) is 0 Å². The van der Waals surface area contributed by atoms with E-state index in [0.717, 1.165) is 10.0 Å². The van der Waals surface area contributed by atoms with Crippen LogP contribution in [0.4, 0.5) is 4.79 Å². The first-order valence-electron chi connectivity index (χ1n) is 10.1. The molecule has 0 bridgehead atoms. The lowest BCUT2D eigenvalue weighted by atomic mass is 9.99. The van der Waals surface area contributed by atoms with E-state index >= 15 is 0 Å². The summed E-state index contributed by atoms with van der Waals surface area (Å²) in [5.41, 5.74) is 1.17. The summed E-state index contributed by atoms with van der Waals surface area (Å²) >= 11 is 0. The Labute approximate surface area is 180 Å². The number of rotatable bonds is 7. The Hall–Kier alpha value is -3.68. The first-order chi connectivity index (χ1) is 14.9. The highest BCUT2D eigenvalue weighted by atomic mass is 16.5. The molecule has 1 aliphatic rings. The number of ether oxygens (including phenoxy) is 1. The molecule has 0 aromatic heterocycles. The minimum absolute atomic E-state index is 0.0352. The van der Waals surface area contributed by atoms with E-state index in [9.17, 15) is 19.2 Å². The second kappa shape index (κ2) is 9.42. The van der Waals surface area contributed by atoms with Crippen molar-refractivity contribution in [3.05, 3.63) is 71.3 Å². The molecule has 1 heterocycles. The molecule has 0 spiro atoms. The molecule has 2 aromatic rings. The Balaban J connectivity index is 1.95. The van der Waals surface area contributed by atoms with Crippen LogP contribution in [0, 0.1) is 5.92 Å². The minimum atomic E-state index is -0.920. The number of methoxy groups -OCH3 is 1. The number of nitrogens with zero attached hydrogens (tertiary/aromatic N) is 2. The fourth-order valence-electron chi connectivity index (χ4n) is 3.39. The standard InChI is InChI=1S/C23H25N3O5/c1-4-15(2)19(22(29)31-3)24-23(30)25(14-16-10-6-5-7-11-16)26-20(27)17-12-8-9-13-18(17)21(26)28/h5-13,15,19H,4,14H2,1-3H3,(H,24,30). The van der Waals surface area contributed by atoms with Gasteiger partial charge in [-0.15, -0.1) is 0 Å². The topological polar surface area (TPSA) is 96.0 Å². The number of imide groups is 1. The van der Waals surface area contributed by atoms with Crippen LogP contribution in [0.5, 0.6) is 0 Å². The summed E-state index contributed by atoms with van der Waals surface area (Å²) in [5.74, 6) is -1.99. The molecule has 0 saturated heterocycles. The number of carbonyl (C=O) groups is 4. The lowest BCUT2D eigenvalue weighted by Gasteiger charge is -2.32. The Morgan fingerprint density at radius 1 is 1.00 bits per heavy atom. The zero-order chi connectivity index (χ0) is 22.5. The average Bonchev–Trinajstić information content (AvgIpc) is 3.05. The van der Waals surface area contributed by atoms with Crippen molar-refractivity contribution in [3.63, 3.8) is 0 Å². The number of hydrazine groups is 1. The van der Waals surface area contributed by atoms with Gasteiger partial charge in [0.25, 0.3) is 11.8 Å². The van der Waals surface area contributed by atoms with E-state index in [2.05, 4.69) is 5.32 Å². The van der Waals surface area contributed by atoms with Gasteiger partial charge in [-0.2, -0.15) is 5.01 Å². The fraction of sp³-hybridized carbons (Fsp3) is 0.304. The van der Waals surface area contributed by atoms with E-state index in [-0.39, 0.29) is 23.6 Å². The van der Waals surface area contributed by atoms with Gasteiger partial charge in [0, 0.05) is 0 Å². The molecule has 0 radical (unpaired) electrons. The van der Waals surface area contributed by atoms with Crippen LogP contribution < -0.4 is 5.32 Å². The van der Waals surface area contributed by atoms with Crippen LogP contribution in [-0.4, -0.2) is 47.0 Å². The third-order valence-electron chi connectivity index (χ3n) is 5.37. The molecule has 1 N–H and O–H groups in total. The number of fused-ring (bicyclic) bond motifs is 1. The monoisotopic (exact) mass is 423 g/mol. The van der Waals surface area contributed by atoms with Gasteiger partial charge in [0.05, 0.1) is 24.8 Å². The van der Waals surface area contributed by atoms with E-state index in [4.69, 9.17) is 4.74 Å². The smallest absolute Gasteiger partial charge is 0.337 e. The normalized spacial score (nSPS) is 14.6. The molecule has 4 amide bonds. The maximum Gasteiger partial charge on any atom is 0.337 e. The highest BCUT2D eigenvalue weighted by molar-refractivity contribution is 6.21. The van der Waals surface area contributed by atoms with E-state index in [1.807, 2.05) is 19.9 Å². The molecule has 0 fully saturated rings. The number of urea groups is 1. The summed E-state index contributed by atoms with van der Waals surface area (Å²) < 4.78 is 4.83. The average molecular weight is 423 g/mol. The molecular formula is C23H25N3O5. The zero-order valence-corrected chi connectivity index (χ0v) is 17.7. The first kappa shape index (κ1) is 22.0. The van der Waals surface area contributed by atoms with Gasteiger partial charge in [-0.1, -0.05) is 62.7 Å². The van der Waals surface area contributed by atoms with Crippen LogP contribution in [0.1, 0.15) is 46.5 Å². The van der Waals surface area contributed by atoms with Gasteiger partial charge in [0.1, 0.15) is 6.04 Å². The largest absolute Gasteiger partial charge is 0.467 e. The fourth-order valence-corrected chi connectivity index (χ4v) is 3.39. The van der Waals surface area contributed by atoms with E-state index < -0.39 is 29.9 Å². The van der Waals surface area contributed by atoms with Crippen molar-refractivity contribution in [2.45, 2.75) is 32.9 Å². The molecule has 8 nitrogen and oxygen atoms in total. The SMILES string of the molecule is CCC(C)C(NC(=O)N(Cc1ccccc1)N1C(=O)c2ccccc2C1=O)C(=O)OC. The lowest BCUT2D eigenvalue weighted by Crippen LogP contribution is -2.57. The summed E-state index contributed by atoms with van der Waals surface area (Å²) in [4.78, 5) is 51.5. The van der Waals surface area contributed by atoms with Gasteiger partial charge in [-0.25, -0.2) is 14.6 Å². The van der Waals surface area contributed by atoms with Gasteiger partial charge in [-0.3, -0.25) is 9.59 Å². The number of nitrogens with one attached hydrogen (secondary N) is 1. The van der Waals surface area contributed by atoms with E-state index in [1.54, 1.807) is 48.5 Å². The van der Waals surface area contributed by atoms with Gasteiger partial charge in [0.15, 0.2) is 0 Å². The first-order valence-corrected chi connectivity index (χ1v) is 10.1. The lowest BCUT2D eigenvalue weighted by molar-refractivity contribution is -0.144. The predicted molar refractivity (Wildman–Crippen MR) is 113 cm³/mol. The number of amides is 4. The van der Waals surface area contributed by atoms with Gasteiger partial charge in [0.2, 0.25) is 0 Å². The van der Waals surface area contributed by atoms with Crippen LogP contribution in [-0.2, 0) is 16.1 Å². The Morgan fingerprint density at radius 2 is 1.55 bits per heavy atom. The number of hydrogen-bond donors (Lipinski definition) is 1. The number of benzene rings is 2. The Bertz CT molecular complexity index is 957. The third kappa shape index (κ3) is 4.42. The zero-order valence-electron chi connectivity index (χ0n) is 17.7. The van der Waals surface area contributed by atoms with Gasteiger partial charge >= 0.3 is 12.0 Å². The number of esters is 1. The van der Waals surface area contributed by atoms with Crippen molar-refractivity contribution >= 4 is 23.8 Å². The molecule has 3 rings (SSSR count). The number of hydrogen-bond acceptors (Lipinski definition) is 5. The molecule has 2 atom stereocenters. The molecule has 31 heavy (non-hydrogen) atoms. The van der Waals surface area contributed by atoms with Crippen molar-refractivity contribution in [3.8, 4) is 0 Å². The highest BCUT2D eigenvalue weighted by Crippen LogP contribution is 2.25. The van der Waals surface area contributed by atoms with Crippen molar-refractivity contribution in [2.75, 3.05) is 7.11 Å².